The summed E-state index contributed by atoms with van der Waals surface area (Å²) in [6, 6.07) is 15.2. The Balaban J connectivity index is 2.25. The molecule has 25 heavy (non-hydrogen) atoms. The summed E-state index contributed by atoms with van der Waals surface area (Å²) < 4.78 is 5.28. The highest BCUT2D eigenvalue weighted by Crippen LogP contribution is 2.23. The third kappa shape index (κ3) is 5.09. The van der Waals surface area contributed by atoms with E-state index in [0.717, 1.165) is 0 Å². The number of para-hydroxylation sites is 2. The number of nitrogens with two attached hydrogens (primary N) is 1. The van der Waals surface area contributed by atoms with Crippen LogP contribution in [-0.4, -0.2) is 18.4 Å². The molecule has 0 spiro atoms. The third-order valence-electron chi connectivity index (χ3n) is 3.08. The molecule has 0 radical (unpaired) electrons. The number of rotatable bonds is 6. The van der Waals surface area contributed by atoms with Gasteiger partial charge in [0.15, 0.2) is 6.61 Å². The van der Waals surface area contributed by atoms with E-state index in [-0.39, 0.29) is 12.2 Å². The summed E-state index contributed by atoms with van der Waals surface area (Å²) in [7, 11) is 0. The van der Waals surface area contributed by atoms with Gasteiger partial charge in [0, 0.05) is 5.56 Å². The fourth-order valence-corrected chi connectivity index (χ4v) is 2.12. The molecule has 0 aliphatic heterocycles. The molecule has 2 aromatic carbocycles. The van der Waals surface area contributed by atoms with Crippen LogP contribution in [0.5, 0.6) is 5.75 Å². The summed E-state index contributed by atoms with van der Waals surface area (Å²) in [6.07, 6.45) is 1.36. The van der Waals surface area contributed by atoms with Crippen molar-refractivity contribution < 1.29 is 14.3 Å². The highest BCUT2D eigenvalue weighted by Gasteiger charge is 2.12. The van der Waals surface area contributed by atoms with Crippen molar-refractivity contribution in [1.29, 1.82) is 5.26 Å². The van der Waals surface area contributed by atoms with Gasteiger partial charge in [-0.25, -0.2) is 0 Å². The topological polar surface area (TPSA) is 105 Å². The maximum atomic E-state index is 12.3. The minimum Gasteiger partial charge on any atom is -0.483 e. The third-order valence-corrected chi connectivity index (χ3v) is 3.41. The van der Waals surface area contributed by atoms with Gasteiger partial charge in [-0.2, -0.15) is 5.26 Å². The molecule has 0 aromatic heterocycles. The largest absolute Gasteiger partial charge is 0.483 e. The number of amides is 2. The summed E-state index contributed by atoms with van der Waals surface area (Å²) in [6.45, 7) is -0.307. The Morgan fingerprint density at radius 2 is 1.88 bits per heavy atom. The van der Waals surface area contributed by atoms with Crippen molar-refractivity contribution in [2.24, 2.45) is 5.73 Å². The van der Waals surface area contributed by atoms with Gasteiger partial charge in [0.05, 0.1) is 10.7 Å². The van der Waals surface area contributed by atoms with Crippen molar-refractivity contribution in [3.63, 3.8) is 0 Å². The van der Waals surface area contributed by atoms with Crippen LogP contribution in [0.15, 0.2) is 54.1 Å². The fourth-order valence-electron chi connectivity index (χ4n) is 1.94. The Kier molecular flexibility index (Phi) is 6.15. The van der Waals surface area contributed by atoms with E-state index in [1.54, 1.807) is 48.5 Å². The van der Waals surface area contributed by atoms with E-state index in [9.17, 15) is 14.9 Å². The van der Waals surface area contributed by atoms with Gasteiger partial charge in [-0.05, 0) is 24.3 Å². The predicted molar refractivity (Wildman–Crippen MR) is 94.8 cm³/mol. The van der Waals surface area contributed by atoms with Gasteiger partial charge in [0.25, 0.3) is 11.8 Å². The summed E-state index contributed by atoms with van der Waals surface area (Å²) in [5.41, 5.74) is 5.78. The Morgan fingerprint density at radius 1 is 1.20 bits per heavy atom. The number of primary amides is 1. The van der Waals surface area contributed by atoms with Crippen molar-refractivity contribution in [3.05, 3.63) is 64.7 Å². The van der Waals surface area contributed by atoms with E-state index in [4.69, 9.17) is 22.1 Å². The first-order chi connectivity index (χ1) is 12.0. The molecule has 6 nitrogen and oxygen atoms in total. The minimum atomic E-state index is -0.629. The maximum Gasteiger partial charge on any atom is 0.266 e. The Labute approximate surface area is 149 Å². The van der Waals surface area contributed by atoms with Gasteiger partial charge in [0.2, 0.25) is 0 Å². The van der Waals surface area contributed by atoms with Crippen molar-refractivity contribution in [2.75, 3.05) is 11.9 Å². The second kappa shape index (κ2) is 8.52. The van der Waals surface area contributed by atoms with E-state index in [1.807, 2.05) is 6.07 Å². The molecule has 0 fully saturated rings. The van der Waals surface area contributed by atoms with E-state index < -0.39 is 11.8 Å². The average Bonchev–Trinajstić information content (AvgIpc) is 2.60. The highest BCUT2D eigenvalue weighted by molar-refractivity contribution is 6.34. The number of carbonyl (C=O) groups excluding carboxylic acids is 2. The second-order valence-electron chi connectivity index (χ2n) is 4.90. The predicted octanol–water partition coefficient (Wildman–Crippen LogP) is 2.75. The number of nitrogens with one attached hydrogen (secondary N) is 1. The van der Waals surface area contributed by atoms with Crippen LogP contribution in [0.3, 0.4) is 0 Å². The molecule has 0 saturated heterocycles. The maximum absolute atomic E-state index is 12.3. The molecule has 2 amide bonds. The minimum absolute atomic E-state index is 0.143. The van der Waals surface area contributed by atoms with Crippen LogP contribution >= 0.6 is 11.6 Å². The number of nitrogens with zero attached hydrogens (tertiary/aromatic N) is 1. The van der Waals surface area contributed by atoms with E-state index >= 15 is 0 Å². The summed E-state index contributed by atoms with van der Waals surface area (Å²) >= 11 is 5.99. The Morgan fingerprint density at radius 3 is 2.56 bits per heavy atom. The van der Waals surface area contributed by atoms with Gasteiger partial charge in [-0.3, -0.25) is 9.59 Å². The Bertz CT molecular complexity index is 872. The molecule has 2 rings (SSSR count). The van der Waals surface area contributed by atoms with Crippen molar-refractivity contribution in [1.82, 2.24) is 0 Å². The summed E-state index contributed by atoms with van der Waals surface area (Å²) in [5, 5.41) is 12.2. The van der Waals surface area contributed by atoms with E-state index in [0.29, 0.717) is 22.0 Å². The van der Waals surface area contributed by atoms with Crippen LogP contribution in [0.4, 0.5) is 5.69 Å². The Hall–Kier alpha value is -3.30. The molecule has 2 aromatic rings. The first kappa shape index (κ1) is 18.0. The number of halogens is 1. The average molecular weight is 356 g/mol. The number of ether oxygens (including phenoxy) is 1. The monoisotopic (exact) mass is 355 g/mol. The molecule has 3 N–H and O–H groups in total. The molecule has 0 heterocycles. The molecule has 0 aliphatic rings. The molecular weight excluding hydrogens is 342 g/mol. The second-order valence-corrected chi connectivity index (χ2v) is 5.30. The lowest BCUT2D eigenvalue weighted by Crippen LogP contribution is -2.20. The van der Waals surface area contributed by atoms with E-state index in [2.05, 4.69) is 5.32 Å². The molecule has 0 saturated carbocycles. The number of benzene rings is 2. The number of hydrogen-bond donors (Lipinski definition) is 2. The molecule has 0 aliphatic carbocycles. The number of nitriles is 1. The van der Waals surface area contributed by atoms with Crippen LogP contribution in [0.1, 0.15) is 5.56 Å². The zero-order valence-corrected chi connectivity index (χ0v) is 13.8. The number of hydrogen-bond acceptors (Lipinski definition) is 4. The molecule has 0 atom stereocenters. The highest BCUT2D eigenvalue weighted by atomic mass is 35.5. The van der Waals surface area contributed by atoms with Crippen LogP contribution in [0.2, 0.25) is 5.02 Å². The normalized spacial score (nSPS) is 10.6. The quantitative estimate of drug-likeness (QED) is 0.613. The standard InChI is InChI=1S/C18H14ClN3O3/c19-14-6-2-3-7-15(14)22-18(24)13(10-20)9-12-5-1-4-8-16(12)25-11-17(21)23/h1-9H,11H2,(H2,21,23)(H,22,24)/b13-9+. The molecule has 7 heteroatoms. The van der Waals surface area contributed by atoms with E-state index in [1.165, 1.54) is 6.08 Å². The molecular formula is C18H14ClN3O3. The van der Waals surface area contributed by atoms with Crippen LogP contribution in [-0.2, 0) is 9.59 Å². The van der Waals surface area contributed by atoms with Crippen molar-refractivity contribution >= 4 is 35.2 Å². The lowest BCUT2D eigenvalue weighted by atomic mass is 10.1. The first-order valence-corrected chi connectivity index (χ1v) is 7.57. The van der Waals surface area contributed by atoms with Crippen molar-refractivity contribution in [2.45, 2.75) is 0 Å². The zero-order chi connectivity index (χ0) is 18.2. The number of carbonyl (C=O) groups is 2. The zero-order valence-electron chi connectivity index (χ0n) is 13.0. The molecule has 126 valence electrons. The first-order valence-electron chi connectivity index (χ1n) is 7.19. The van der Waals surface area contributed by atoms with Gasteiger partial charge in [-0.1, -0.05) is 41.9 Å². The van der Waals surface area contributed by atoms with Gasteiger partial charge < -0.3 is 15.8 Å². The van der Waals surface area contributed by atoms with Crippen molar-refractivity contribution in [3.8, 4) is 11.8 Å². The fraction of sp³-hybridized carbons (Fsp3) is 0.0556. The van der Waals surface area contributed by atoms with Gasteiger partial charge in [0.1, 0.15) is 17.4 Å². The van der Waals surface area contributed by atoms with Crippen LogP contribution < -0.4 is 15.8 Å². The summed E-state index contributed by atoms with van der Waals surface area (Å²) in [5.74, 6) is -0.907. The lowest BCUT2D eigenvalue weighted by Gasteiger charge is -2.09. The van der Waals surface area contributed by atoms with Crippen LogP contribution in [0, 0.1) is 11.3 Å². The van der Waals surface area contributed by atoms with Crippen LogP contribution in [0.25, 0.3) is 6.08 Å². The molecule has 0 bridgehead atoms. The summed E-state index contributed by atoms with van der Waals surface area (Å²) in [4.78, 5) is 23.2. The molecule has 0 unspecified atom stereocenters. The van der Waals surface area contributed by atoms with Gasteiger partial charge >= 0.3 is 0 Å². The lowest BCUT2D eigenvalue weighted by molar-refractivity contribution is -0.120. The van der Waals surface area contributed by atoms with Gasteiger partial charge in [-0.15, -0.1) is 0 Å². The number of anilines is 1. The smallest absolute Gasteiger partial charge is 0.266 e. The SMILES string of the molecule is N#C/C(=C\c1ccccc1OCC(N)=O)C(=O)Nc1ccccc1Cl.